The fraction of sp³-hybridized carbons (Fsp3) is 0.269. The van der Waals surface area contributed by atoms with Crippen molar-refractivity contribution in [1.29, 1.82) is 0 Å². The van der Waals surface area contributed by atoms with E-state index in [0.717, 1.165) is 30.6 Å². The highest BCUT2D eigenvalue weighted by atomic mass is 16.5. The summed E-state index contributed by atoms with van der Waals surface area (Å²) >= 11 is 0. The lowest BCUT2D eigenvalue weighted by Gasteiger charge is -2.12. The maximum absolute atomic E-state index is 11.5. The first kappa shape index (κ1) is 19.9. The average Bonchev–Trinajstić information content (AvgIpc) is 2.69. The molecule has 0 fully saturated rings. The van der Waals surface area contributed by atoms with Gasteiger partial charge in [-0.15, -0.1) is 0 Å². The minimum absolute atomic E-state index is 0.120. The highest BCUT2D eigenvalue weighted by Crippen LogP contribution is 2.29. The van der Waals surface area contributed by atoms with Crippen LogP contribution in [0, 0.1) is 13.8 Å². The van der Waals surface area contributed by atoms with Crippen LogP contribution in [0.4, 0.5) is 0 Å². The minimum atomic E-state index is 0.120. The summed E-state index contributed by atoms with van der Waals surface area (Å²) in [6.07, 6.45) is 3.00. The van der Waals surface area contributed by atoms with E-state index in [9.17, 15) is 4.79 Å². The van der Waals surface area contributed by atoms with E-state index in [-0.39, 0.29) is 5.78 Å². The zero-order valence-corrected chi connectivity index (χ0v) is 17.0. The molecule has 0 spiro atoms. The molecule has 0 bridgehead atoms. The van der Waals surface area contributed by atoms with Crippen LogP contribution in [0.5, 0.6) is 5.75 Å². The molecular formula is C26H28O2. The molecule has 2 heteroatoms. The topological polar surface area (TPSA) is 26.3 Å². The van der Waals surface area contributed by atoms with E-state index in [0.29, 0.717) is 6.61 Å². The van der Waals surface area contributed by atoms with Crippen LogP contribution in [0.2, 0.25) is 0 Å². The Morgan fingerprint density at radius 2 is 1.61 bits per heavy atom. The Morgan fingerprint density at radius 1 is 0.821 bits per heavy atom. The van der Waals surface area contributed by atoms with Gasteiger partial charge in [-0.1, -0.05) is 48.5 Å². The average molecular weight is 373 g/mol. The Morgan fingerprint density at radius 3 is 2.36 bits per heavy atom. The summed E-state index contributed by atoms with van der Waals surface area (Å²) in [4.78, 5) is 11.5. The highest BCUT2D eigenvalue weighted by Gasteiger charge is 2.06. The van der Waals surface area contributed by atoms with E-state index in [4.69, 9.17) is 4.74 Å². The summed E-state index contributed by atoms with van der Waals surface area (Å²) in [5, 5.41) is 0. The van der Waals surface area contributed by atoms with Crippen molar-refractivity contribution in [2.24, 2.45) is 0 Å². The number of unbranched alkanes of at least 4 members (excludes halogenated alkanes) is 1. The highest BCUT2D eigenvalue weighted by molar-refractivity contribution is 5.94. The SMILES string of the molecule is CC(=O)c1cccc(CCCCOc2ccc(-c3ccccc3C)c(C)c2)c1. The van der Waals surface area contributed by atoms with Gasteiger partial charge in [-0.2, -0.15) is 0 Å². The predicted octanol–water partition coefficient (Wildman–Crippen LogP) is 6.57. The van der Waals surface area contributed by atoms with Crippen molar-refractivity contribution in [2.75, 3.05) is 6.61 Å². The summed E-state index contributed by atoms with van der Waals surface area (Å²) in [6, 6.07) is 22.7. The van der Waals surface area contributed by atoms with Gasteiger partial charge in [-0.05, 0) is 86.1 Å². The van der Waals surface area contributed by atoms with Gasteiger partial charge < -0.3 is 4.74 Å². The molecule has 0 aliphatic rings. The molecule has 0 amide bonds. The van der Waals surface area contributed by atoms with Crippen molar-refractivity contribution in [3.63, 3.8) is 0 Å². The van der Waals surface area contributed by atoms with Crippen molar-refractivity contribution in [3.05, 3.63) is 89.0 Å². The molecule has 28 heavy (non-hydrogen) atoms. The number of rotatable bonds is 8. The lowest BCUT2D eigenvalue weighted by atomic mass is 9.96. The van der Waals surface area contributed by atoms with Crippen LogP contribution in [-0.2, 0) is 6.42 Å². The lowest BCUT2D eigenvalue weighted by Crippen LogP contribution is -2.00. The first-order chi connectivity index (χ1) is 13.5. The second-order valence-electron chi connectivity index (χ2n) is 7.35. The van der Waals surface area contributed by atoms with Crippen LogP contribution in [0.15, 0.2) is 66.7 Å². The summed E-state index contributed by atoms with van der Waals surface area (Å²) in [5.74, 6) is 1.04. The van der Waals surface area contributed by atoms with Gasteiger partial charge in [-0.3, -0.25) is 4.79 Å². The first-order valence-corrected chi connectivity index (χ1v) is 9.94. The van der Waals surface area contributed by atoms with Gasteiger partial charge in [0, 0.05) is 5.56 Å². The largest absolute Gasteiger partial charge is 0.494 e. The van der Waals surface area contributed by atoms with Crippen LogP contribution >= 0.6 is 0 Å². The molecule has 3 aromatic rings. The van der Waals surface area contributed by atoms with Crippen molar-refractivity contribution in [2.45, 2.75) is 40.0 Å². The fourth-order valence-electron chi connectivity index (χ4n) is 3.47. The Balaban J connectivity index is 1.50. The normalized spacial score (nSPS) is 10.7. The van der Waals surface area contributed by atoms with Crippen LogP contribution < -0.4 is 4.74 Å². The number of aryl methyl sites for hydroxylation is 3. The Kier molecular flexibility index (Phi) is 6.65. The zero-order valence-electron chi connectivity index (χ0n) is 17.0. The molecule has 0 aliphatic heterocycles. The number of benzene rings is 3. The van der Waals surface area contributed by atoms with Crippen LogP contribution in [-0.4, -0.2) is 12.4 Å². The van der Waals surface area contributed by atoms with Crippen molar-refractivity contribution >= 4 is 5.78 Å². The quantitative estimate of drug-likeness (QED) is 0.330. The first-order valence-electron chi connectivity index (χ1n) is 9.94. The van der Waals surface area contributed by atoms with Crippen LogP contribution in [0.1, 0.15) is 46.8 Å². The summed E-state index contributed by atoms with van der Waals surface area (Å²) in [7, 11) is 0. The zero-order chi connectivity index (χ0) is 19.9. The van der Waals surface area contributed by atoms with Crippen LogP contribution in [0.3, 0.4) is 0 Å². The number of ketones is 1. The number of ether oxygens (including phenoxy) is 1. The van der Waals surface area contributed by atoms with E-state index in [2.05, 4.69) is 62.4 Å². The van der Waals surface area contributed by atoms with E-state index in [1.807, 2.05) is 18.2 Å². The molecule has 0 saturated carbocycles. The van der Waals surface area contributed by atoms with E-state index in [1.54, 1.807) is 6.92 Å². The third-order valence-corrected chi connectivity index (χ3v) is 5.10. The monoisotopic (exact) mass is 372 g/mol. The number of carbonyl (C=O) groups is 1. The molecule has 144 valence electrons. The molecule has 0 saturated heterocycles. The number of hydrogen-bond acceptors (Lipinski definition) is 2. The molecular weight excluding hydrogens is 344 g/mol. The molecule has 0 aromatic heterocycles. The summed E-state index contributed by atoms with van der Waals surface area (Å²) in [6.45, 7) is 6.59. The molecule has 0 heterocycles. The minimum Gasteiger partial charge on any atom is -0.494 e. The Labute approximate surface area is 168 Å². The third-order valence-electron chi connectivity index (χ3n) is 5.10. The maximum Gasteiger partial charge on any atom is 0.159 e. The predicted molar refractivity (Wildman–Crippen MR) is 116 cm³/mol. The molecule has 3 aromatic carbocycles. The lowest BCUT2D eigenvalue weighted by molar-refractivity contribution is 0.101. The third kappa shape index (κ3) is 5.10. The van der Waals surface area contributed by atoms with Crippen molar-refractivity contribution in [3.8, 4) is 16.9 Å². The van der Waals surface area contributed by atoms with Gasteiger partial charge in [0.25, 0.3) is 0 Å². The Bertz CT molecular complexity index is 956. The van der Waals surface area contributed by atoms with Gasteiger partial charge >= 0.3 is 0 Å². The standard InChI is InChI=1S/C26H28O2/c1-19-9-4-5-13-25(19)26-15-14-24(17-20(26)2)28-16-7-6-10-22-11-8-12-23(18-22)21(3)27/h4-5,8-9,11-15,17-18H,6-7,10,16H2,1-3H3. The Hall–Kier alpha value is -2.87. The number of carbonyl (C=O) groups excluding carboxylic acids is 1. The second kappa shape index (κ2) is 9.36. The summed E-state index contributed by atoms with van der Waals surface area (Å²) in [5.41, 5.74) is 7.06. The second-order valence-corrected chi connectivity index (χ2v) is 7.35. The van der Waals surface area contributed by atoms with Gasteiger partial charge in [-0.25, -0.2) is 0 Å². The molecule has 0 aliphatic carbocycles. The van der Waals surface area contributed by atoms with Crippen LogP contribution in [0.25, 0.3) is 11.1 Å². The van der Waals surface area contributed by atoms with Crippen molar-refractivity contribution in [1.82, 2.24) is 0 Å². The van der Waals surface area contributed by atoms with E-state index >= 15 is 0 Å². The number of hydrogen-bond donors (Lipinski definition) is 0. The van der Waals surface area contributed by atoms with E-state index in [1.165, 1.54) is 27.8 Å². The molecule has 0 atom stereocenters. The smallest absolute Gasteiger partial charge is 0.159 e. The number of Topliss-reactive ketones (excluding diaryl/α,β-unsaturated/α-hetero) is 1. The molecule has 0 N–H and O–H groups in total. The molecule has 0 radical (unpaired) electrons. The van der Waals surface area contributed by atoms with Crippen molar-refractivity contribution < 1.29 is 9.53 Å². The molecule has 2 nitrogen and oxygen atoms in total. The maximum atomic E-state index is 11.5. The molecule has 0 unspecified atom stereocenters. The fourth-order valence-corrected chi connectivity index (χ4v) is 3.47. The van der Waals surface area contributed by atoms with Gasteiger partial charge in [0.05, 0.1) is 6.61 Å². The molecule has 3 rings (SSSR count). The van der Waals surface area contributed by atoms with Gasteiger partial charge in [0.15, 0.2) is 5.78 Å². The summed E-state index contributed by atoms with van der Waals surface area (Å²) < 4.78 is 5.95. The van der Waals surface area contributed by atoms with Gasteiger partial charge in [0.2, 0.25) is 0 Å². The van der Waals surface area contributed by atoms with Gasteiger partial charge in [0.1, 0.15) is 5.75 Å². The van der Waals surface area contributed by atoms with E-state index < -0.39 is 0 Å².